The summed E-state index contributed by atoms with van der Waals surface area (Å²) < 4.78 is 17.2. The van der Waals surface area contributed by atoms with Crippen molar-refractivity contribution in [2.24, 2.45) is 0 Å². The van der Waals surface area contributed by atoms with Crippen LogP contribution in [0.15, 0.2) is 82.8 Å². The fraction of sp³-hybridized carbons (Fsp3) is 0.415. The fourth-order valence-corrected chi connectivity index (χ4v) is 8.43. The van der Waals surface area contributed by atoms with Crippen molar-refractivity contribution < 1.29 is 9.18 Å². The molecule has 11 nitrogen and oxygen atoms in total. The highest BCUT2D eigenvalue weighted by Gasteiger charge is 2.29. The lowest BCUT2D eigenvalue weighted by Crippen LogP contribution is -2.49. The van der Waals surface area contributed by atoms with E-state index < -0.39 is 23.1 Å². The van der Waals surface area contributed by atoms with Crippen LogP contribution in [0, 0.1) is 12.7 Å². The number of nitrogens with zero attached hydrogens (tertiary/aromatic N) is 7. The second-order valence-electron chi connectivity index (χ2n) is 14.8. The number of rotatable bonds is 8. The molecule has 2 aliphatic carbocycles. The fourth-order valence-electron chi connectivity index (χ4n) is 8.43. The Morgan fingerprint density at radius 3 is 2.28 bits per heavy atom. The molecule has 1 N–H and O–H groups in total. The van der Waals surface area contributed by atoms with Crippen LogP contribution in [0.2, 0.25) is 0 Å². The van der Waals surface area contributed by atoms with Crippen molar-refractivity contribution in [3.63, 3.8) is 0 Å². The lowest BCUT2D eigenvalue weighted by molar-refractivity contribution is 0.0916. The Hall–Kier alpha value is -5.07. The molecule has 8 rings (SSSR count). The zero-order valence-electron chi connectivity index (χ0n) is 30.1. The van der Waals surface area contributed by atoms with E-state index in [0.717, 1.165) is 67.8 Å². The van der Waals surface area contributed by atoms with Crippen LogP contribution in [0.25, 0.3) is 27.8 Å². The van der Waals surface area contributed by atoms with E-state index in [0.29, 0.717) is 31.4 Å². The van der Waals surface area contributed by atoms with Gasteiger partial charge in [0.05, 0.1) is 29.2 Å². The van der Waals surface area contributed by atoms with Gasteiger partial charge in [-0.15, -0.1) is 0 Å². The predicted octanol–water partition coefficient (Wildman–Crippen LogP) is 5.43. The maximum Gasteiger partial charge on any atom is 0.337 e. The average Bonchev–Trinajstić information content (AvgIpc) is 3.72. The summed E-state index contributed by atoms with van der Waals surface area (Å²) in [6.07, 6.45) is 11.5. The van der Waals surface area contributed by atoms with E-state index in [2.05, 4.69) is 54.3 Å². The number of benzene rings is 2. The highest BCUT2D eigenvalue weighted by molar-refractivity contribution is 5.92. The molecule has 4 heterocycles. The number of hydrogen-bond acceptors (Lipinski definition) is 8. The summed E-state index contributed by atoms with van der Waals surface area (Å²) in [6.45, 7) is 7.18. The molecule has 12 heteroatoms. The van der Waals surface area contributed by atoms with Gasteiger partial charge in [0.2, 0.25) is 0 Å². The summed E-state index contributed by atoms with van der Waals surface area (Å²) >= 11 is 0. The molecule has 0 atom stereocenters. The van der Waals surface area contributed by atoms with Crippen molar-refractivity contribution in [2.75, 3.05) is 26.2 Å². The standard InChI is InChI=1S/C41H45FN8O3/c1-27-23-44-37(25-43-27)39(51)46-32-13-15-34(16-14-32)50-40(52)36-22-31(42)24-45-38(36)49(41(50)53)35-8-4-5-30(21-35)29-11-9-28(10-12-29)26-47-17-19-48(20-18-47)33-6-2-3-7-33/h4-5,8-12,21-25,32-34H,2-3,6-7,13-20,26H2,1H3,(H,46,51)/t32-,34+. The summed E-state index contributed by atoms with van der Waals surface area (Å²) in [4.78, 5) is 58.7. The Balaban J connectivity index is 1.01. The van der Waals surface area contributed by atoms with Gasteiger partial charge in [0.1, 0.15) is 11.5 Å². The van der Waals surface area contributed by atoms with Crippen LogP contribution in [0.1, 0.15) is 79.2 Å². The maximum atomic E-state index is 14.6. The normalized spacial score (nSPS) is 20.2. The Morgan fingerprint density at radius 2 is 1.57 bits per heavy atom. The summed E-state index contributed by atoms with van der Waals surface area (Å²) in [5.74, 6) is -0.961. The zero-order valence-corrected chi connectivity index (χ0v) is 30.1. The number of hydrogen-bond donors (Lipinski definition) is 1. The largest absolute Gasteiger partial charge is 0.348 e. The maximum absolute atomic E-state index is 14.6. The highest BCUT2D eigenvalue weighted by Crippen LogP contribution is 2.29. The number of carbonyl (C=O) groups excluding carboxylic acids is 1. The van der Waals surface area contributed by atoms with Crippen LogP contribution in [0.5, 0.6) is 0 Å². The molecule has 2 aromatic carbocycles. The first-order chi connectivity index (χ1) is 25.8. The Kier molecular flexibility index (Phi) is 9.98. The second kappa shape index (κ2) is 15.1. The number of fused-ring (bicyclic) bond motifs is 1. The lowest BCUT2D eigenvalue weighted by Gasteiger charge is -2.38. The van der Waals surface area contributed by atoms with Gasteiger partial charge >= 0.3 is 5.69 Å². The van der Waals surface area contributed by atoms with Crippen LogP contribution in [0.3, 0.4) is 0 Å². The van der Waals surface area contributed by atoms with Gasteiger partial charge < -0.3 is 5.32 Å². The molecular weight excluding hydrogens is 672 g/mol. The van der Waals surface area contributed by atoms with E-state index >= 15 is 0 Å². The molecule has 1 amide bonds. The number of nitrogens with one attached hydrogen (secondary N) is 1. The van der Waals surface area contributed by atoms with Crippen LogP contribution in [0.4, 0.5) is 4.39 Å². The predicted molar refractivity (Wildman–Crippen MR) is 202 cm³/mol. The first kappa shape index (κ1) is 35.0. The van der Waals surface area contributed by atoms with Crippen LogP contribution < -0.4 is 16.6 Å². The van der Waals surface area contributed by atoms with Gasteiger partial charge in [-0.2, -0.15) is 0 Å². The molecule has 0 spiro atoms. The van der Waals surface area contributed by atoms with Gasteiger partial charge in [0.15, 0.2) is 5.65 Å². The summed E-state index contributed by atoms with van der Waals surface area (Å²) in [5, 5.41) is 3.05. The zero-order chi connectivity index (χ0) is 36.5. The first-order valence-electron chi connectivity index (χ1n) is 18.9. The van der Waals surface area contributed by atoms with Crippen molar-refractivity contribution in [2.45, 2.75) is 83.0 Å². The van der Waals surface area contributed by atoms with E-state index in [1.165, 1.54) is 46.6 Å². The molecule has 274 valence electrons. The van der Waals surface area contributed by atoms with E-state index in [1.54, 1.807) is 13.1 Å². The number of aryl methyl sites for hydroxylation is 1. The molecular formula is C41H45FN8O3. The number of pyridine rings is 1. The number of amides is 1. The highest BCUT2D eigenvalue weighted by atomic mass is 19.1. The van der Waals surface area contributed by atoms with Crippen molar-refractivity contribution in [3.8, 4) is 16.8 Å². The monoisotopic (exact) mass is 716 g/mol. The van der Waals surface area contributed by atoms with Gasteiger partial charge in [-0.3, -0.25) is 28.9 Å². The Bertz CT molecular complexity index is 2210. The summed E-state index contributed by atoms with van der Waals surface area (Å²) in [5.41, 5.74) is 3.69. The Labute approximate surface area is 307 Å². The molecule has 1 saturated heterocycles. The number of piperazine rings is 1. The number of carbonyl (C=O) groups is 1. The van der Waals surface area contributed by atoms with Crippen LogP contribution >= 0.6 is 0 Å². The number of halogens is 1. The summed E-state index contributed by atoms with van der Waals surface area (Å²) in [6, 6.07) is 17.5. The van der Waals surface area contributed by atoms with Crippen LogP contribution in [-0.2, 0) is 6.54 Å². The van der Waals surface area contributed by atoms with Gasteiger partial charge in [-0.1, -0.05) is 49.2 Å². The number of aromatic nitrogens is 5. The molecule has 53 heavy (non-hydrogen) atoms. The van der Waals surface area contributed by atoms with E-state index in [-0.39, 0.29) is 28.7 Å². The van der Waals surface area contributed by atoms with Crippen molar-refractivity contribution >= 4 is 16.9 Å². The molecule has 3 aromatic heterocycles. The molecule has 0 radical (unpaired) electrons. The van der Waals surface area contributed by atoms with Crippen molar-refractivity contribution in [3.05, 3.63) is 117 Å². The molecule has 5 aromatic rings. The van der Waals surface area contributed by atoms with Crippen LogP contribution in [-0.4, -0.2) is 78.1 Å². The molecule has 0 unspecified atom stereocenters. The minimum absolute atomic E-state index is 0.0387. The first-order valence-corrected chi connectivity index (χ1v) is 18.9. The van der Waals surface area contributed by atoms with E-state index in [4.69, 9.17) is 0 Å². The lowest BCUT2D eigenvalue weighted by atomic mass is 9.90. The smallest absolute Gasteiger partial charge is 0.337 e. The molecule has 3 aliphatic rings. The molecule has 0 bridgehead atoms. The van der Waals surface area contributed by atoms with E-state index in [1.807, 2.05) is 24.3 Å². The topological polar surface area (TPSA) is 118 Å². The van der Waals surface area contributed by atoms with Gasteiger partial charge in [-0.25, -0.2) is 23.7 Å². The quantitative estimate of drug-likeness (QED) is 0.226. The van der Waals surface area contributed by atoms with Gasteiger partial charge in [0, 0.05) is 57.0 Å². The second-order valence-corrected chi connectivity index (χ2v) is 14.8. The Morgan fingerprint density at radius 1 is 0.811 bits per heavy atom. The molecule has 1 aliphatic heterocycles. The van der Waals surface area contributed by atoms with E-state index in [9.17, 15) is 18.8 Å². The van der Waals surface area contributed by atoms with Gasteiger partial charge in [-0.05, 0) is 80.3 Å². The van der Waals surface area contributed by atoms with Gasteiger partial charge in [0.25, 0.3) is 11.5 Å². The third kappa shape index (κ3) is 7.43. The summed E-state index contributed by atoms with van der Waals surface area (Å²) in [7, 11) is 0. The average molecular weight is 717 g/mol. The third-order valence-electron chi connectivity index (χ3n) is 11.3. The minimum Gasteiger partial charge on any atom is -0.348 e. The third-order valence-corrected chi connectivity index (χ3v) is 11.3. The molecule has 2 saturated carbocycles. The molecule has 3 fully saturated rings. The van der Waals surface area contributed by atoms with Crippen molar-refractivity contribution in [1.82, 2.24) is 39.2 Å². The minimum atomic E-state index is -0.651. The SMILES string of the molecule is Cc1cnc(C(=O)N[C@H]2CC[C@@H](n3c(=O)c4cc(F)cnc4n(-c4cccc(-c5ccc(CN6CCN(C7CCCC7)CC6)cc5)c4)c3=O)CC2)cn1. The van der Waals surface area contributed by atoms with Crippen molar-refractivity contribution in [1.29, 1.82) is 0 Å².